The van der Waals surface area contributed by atoms with Gasteiger partial charge in [-0.3, -0.25) is 5.43 Å². The molecule has 0 atom stereocenters. The van der Waals surface area contributed by atoms with Crippen molar-refractivity contribution in [3.05, 3.63) is 69.8 Å². The van der Waals surface area contributed by atoms with E-state index in [4.69, 9.17) is 22.1 Å². The standard InChI is InChI=1S/C17H14ClFN4OS/c18-13-3-6-15(24-9-11-1-4-14(19)5-2-11)12(7-13)8-21-23-17-22-16(20)10-25-17/h1-8,10H,9,20H2,(H,22,23). The second-order valence-electron chi connectivity index (χ2n) is 5.04. The average Bonchev–Trinajstić information content (AvgIpc) is 3.01. The predicted molar refractivity (Wildman–Crippen MR) is 99.9 cm³/mol. The van der Waals surface area contributed by atoms with Gasteiger partial charge >= 0.3 is 0 Å². The number of thiazole rings is 1. The lowest BCUT2D eigenvalue weighted by Gasteiger charge is -2.09. The lowest BCUT2D eigenvalue weighted by molar-refractivity contribution is 0.305. The molecule has 25 heavy (non-hydrogen) atoms. The van der Waals surface area contributed by atoms with Crippen molar-refractivity contribution in [2.24, 2.45) is 5.10 Å². The summed E-state index contributed by atoms with van der Waals surface area (Å²) in [6.45, 7) is 0.305. The Bertz CT molecular complexity index is 883. The molecule has 0 aliphatic rings. The molecule has 3 rings (SSSR count). The van der Waals surface area contributed by atoms with Gasteiger partial charge in [-0.15, -0.1) is 11.3 Å². The van der Waals surface area contributed by atoms with Gasteiger partial charge in [-0.25, -0.2) is 9.37 Å². The molecular formula is C17H14ClFN4OS. The molecule has 0 saturated carbocycles. The second-order valence-corrected chi connectivity index (χ2v) is 6.34. The highest BCUT2D eigenvalue weighted by Crippen LogP contribution is 2.23. The number of ether oxygens (including phenoxy) is 1. The molecule has 0 radical (unpaired) electrons. The van der Waals surface area contributed by atoms with Crippen LogP contribution in [0.5, 0.6) is 5.75 Å². The first-order chi connectivity index (χ1) is 12.1. The van der Waals surface area contributed by atoms with Crippen LogP contribution in [0.1, 0.15) is 11.1 Å². The molecule has 0 aliphatic carbocycles. The summed E-state index contributed by atoms with van der Waals surface area (Å²) < 4.78 is 18.7. The zero-order valence-electron chi connectivity index (χ0n) is 12.9. The van der Waals surface area contributed by atoms with Gasteiger partial charge in [0, 0.05) is 16.0 Å². The maximum absolute atomic E-state index is 12.9. The van der Waals surface area contributed by atoms with Crippen molar-refractivity contribution in [2.45, 2.75) is 6.61 Å². The Morgan fingerprint density at radius 2 is 2.08 bits per heavy atom. The molecule has 0 bridgehead atoms. The van der Waals surface area contributed by atoms with E-state index in [1.807, 2.05) is 0 Å². The third-order valence-electron chi connectivity index (χ3n) is 3.17. The number of aromatic nitrogens is 1. The van der Waals surface area contributed by atoms with E-state index in [9.17, 15) is 4.39 Å². The van der Waals surface area contributed by atoms with E-state index in [2.05, 4.69) is 15.5 Å². The van der Waals surface area contributed by atoms with Crippen LogP contribution in [-0.4, -0.2) is 11.2 Å². The first-order valence-electron chi connectivity index (χ1n) is 7.27. The Morgan fingerprint density at radius 1 is 1.28 bits per heavy atom. The van der Waals surface area contributed by atoms with Crippen LogP contribution in [0, 0.1) is 5.82 Å². The quantitative estimate of drug-likeness (QED) is 0.489. The number of hydrogen-bond acceptors (Lipinski definition) is 6. The largest absolute Gasteiger partial charge is 0.488 e. The summed E-state index contributed by atoms with van der Waals surface area (Å²) in [7, 11) is 0. The molecule has 5 nitrogen and oxygen atoms in total. The van der Waals surface area contributed by atoms with Crippen molar-refractivity contribution in [2.75, 3.05) is 11.2 Å². The van der Waals surface area contributed by atoms with Gasteiger partial charge in [-0.05, 0) is 35.9 Å². The van der Waals surface area contributed by atoms with Crippen molar-refractivity contribution in [1.29, 1.82) is 0 Å². The van der Waals surface area contributed by atoms with Gasteiger partial charge < -0.3 is 10.5 Å². The fraction of sp³-hybridized carbons (Fsp3) is 0.0588. The molecule has 3 N–H and O–H groups in total. The van der Waals surface area contributed by atoms with Crippen LogP contribution in [0.25, 0.3) is 0 Å². The van der Waals surface area contributed by atoms with Crippen LogP contribution >= 0.6 is 22.9 Å². The van der Waals surface area contributed by atoms with Crippen LogP contribution in [0.3, 0.4) is 0 Å². The molecule has 2 aromatic carbocycles. The summed E-state index contributed by atoms with van der Waals surface area (Å²) >= 11 is 7.40. The summed E-state index contributed by atoms with van der Waals surface area (Å²) in [6.07, 6.45) is 1.59. The van der Waals surface area contributed by atoms with E-state index < -0.39 is 0 Å². The molecule has 0 saturated heterocycles. The Labute approximate surface area is 152 Å². The molecule has 0 spiro atoms. The first-order valence-corrected chi connectivity index (χ1v) is 8.53. The van der Waals surface area contributed by atoms with Crippen molar-refractivity contribution in [1.82, 2.24) is 4.98 Å². The number of anilines is 2. The van der Waals surface area contributed by atoms with Gasteiger partial charge in [0.1, 0.15) is 24.0 Å². The monoisotopic (exact) mass is 376 g/mol. The predicted octanol–water partition coefficient (Wildman–Crippen LogP) is 4.54. The SMILES string of the molecule is Nc1csc(NN=Cc2cc(Cl)ccc2OCc2ccc(F)cc2)n1. The summed E-state index contributed by atoms with van der Waals surface area (Å²) in [5.74, 6) is 0.767. The fourth-order valence-electron chi connectivity index (χ4n) is 1.99. The molecule has 0 amide bonds. The van der Waals surface area contributed by atoms with Crippen LogP contribution in [0.15, 0.2) is 52.9 Å². The summed E-state index contributed by atoms with van der Waals surface area (Å²) in [5.41, 5.74) is 9.91. The summed E-state index contributed by atoms with van der Waals surface area (Å²) in [5, 5.41) is 6.99. The summed E-state index contributed by atoms with van der Waals surface area (Å²) in [6, 6.07) is 11.4. The minimum absolute atomic E-state index is 0.281. The van der Waals surface area contributed by atoms with Crippen molar-refractivity contribution in [3.63, 3.8) is 0 Å². The number of halogens is 2. The smallest absolute Gasteiger partial charge is 0.205 e. The minimum atomic E-state index is -0.281. The lowest BCUT2D eigenvalue weighted by Crippen LogP contribution is -1.99. The zero-order chi connectivity index (χ0) is 17.6. The van der Waals surface area contributed by atoms with Crippen molar-refractivity contribution in [3.8, 4) is 5.75 Å². The number of hydrogen-bond donors (Lipinski definition) is 2. The number of rotatable bonds is 6. The fourth-order valence-corrected chi connectivity index (χ4v) is 2.72. The maximum atomic E-state index is 12.9. The molecule has 3 aromatic rings. The van der Waals surface area contributed by atoms with Gasteiger partial charge in [-0.1, -0.05) is 23.7 Å². The molecule has 8 heteroatoms. The van der Waals surface area contributed by atoms with Crippen LogP contribution in [0.2, 0.25) is 5.02 Å². The topological polar surface area (TPSA) is 72.5 Å². The van der Waals surface area contributed by atoms with Crippen LogP contribution in [-0.2, 0) is 6.61 Å². The van der Waals surface area contributed by atoms with Gasteiger partial charge in [0.2, 0.25) is 5.13 Å². The minimum Gasteiger partial charge on any atom is -0.488 e. The molecule has 128 valence electrons. The van der Waals surface area contributed by atoms with Gasteiger partial charge in [0.15, 0.2) is 0 Å². The highest BCUT2D eigenvalue weighted by Gasteiger charge is 2.04. The van der Waals surface area contributed by atoms with Gasteiger partial charge in [0.25, 0.3) is 0 Å². The van der Waals surface area contributed by atoms with E-state index in [1.165, 1.54) is 23.5 Å². The van der Waals surface area contributed by atoms with Gasteiger partial charge in [0.05, 0.1) is 6.21 Å². The molecule has 0 aliphatic heterocycles. The maximum Gasteiger partial charge on any atom is 0.205 e. The number of nitrogens with zero attached hydrogens (tertiary/aromatic N) is 2. The normalized spacial score (nSPS) is 11.0. The Morgan fingerprint density at radius 3 is 2.80 bits per heavy atom. The number of benzene rings is 2. The Hall–Kier alpha value is -2.64. The second kappa shape index (κ2) is 7.96. The Balaban J connectivity index is 1.70. The number of nitrogens with two attached hydrogens (primary N) is 1. The highest BCUT2D eigenvalue weighted by molar-refractivity contribution is 7.14. The summed E-state index contributed by atoms with van der Waals surface area (Å²) in [4.78, 5) is 4.05. The third-order valence-corrected chi connectivity index (χ3v) is 4.17. The molecule has 0 unspecified atom stereocenters. The number of hydrazone groups is 1. The van der Waals surface area contributed by atoms with E-state index in [1.54, 1.807) is 41.9 Å². The van der Waals surface area contributed by atoms with E-state index in [-0.39, 0.29) is 5.82 Å². The van der Waals surface area contributed by atoms with E-state index in [0.717, 1.165) is 5.56 Å². The lowest BCUT2D eigenvalue weighted by atomic mass is 10.2. The molecule has 1 heterocycles. The number of nitrogen functional groups attached to an aromatic ring is 1. The number of nitrogens with one attached hydrogen (secondary N) is 1. The van der Waals surface area contributed by atoms with Crippen molar-refractivity contribution < 1.29 is 9.13 Å². The van der Waals surface area contributed by atoms with E-state index >= 15 is 0 Å². The highest BCUT2D eigenvalue weighted by atomic mass is 35.5. The third kappa shape index (κ3) is 4.91. The van der Waals surface area contributed by atoms with E-state index in [0.29, 0.717) is 33.9 Å². The zero-order valence-corrected chi connectivity index (χ0v) is 14.5. The molecule has 1 aromatic heterocycles. The molecular weight excluding hydrogens is 363 g/mol. The van der Waals surface area contributed by atoms with Crippen LogP contribution in [0.4, 0.5) is 15.3 Å². The first kappa shape index (κ1) is 17.2. The van der Waals surface area contributed by atoms with Gasteiger partial charge in [-0.2, -0.15) is 5.10 Å². The molecule has 0 fully saturated rings. The van der Waals surface area contributed by atoms with Crippen molar-refractivity contribution >= 4 is 40.1 Å². The average molecular weight is 377 g/mol. The van der Waals surface area contributed by atoms with Crippen LogP contribution < -0.4 is 15.9 Å². The Kier molecular flexibility index (Phi) is 5.47.